The highest BCUT2D eigenvalue weighted by molar-refractivity contribution is 5.94. The van der Waals surface area contributed by atoms with Crippen molar-refractivity contribution >= 4 is 5.91 Å². The van der Waals surface area contributed by atoms with Crippen molar-refractivity contribution in [3.8, 4) is 0 Å². The molecule has 2 atom stereocenters. The molecule has 2 rings (SSSR count). The molecule has 3 nitrogen and oxygen atoms in total. The van der Waals surface area contributed by atoms with E-state index in [0.29, 0.717) is 25.2 Å². The van der Waals surface area contributed by atoms with E-state index < -0.39 is 23.4 Å². The molecule has 1 saturated heterocycles. The van der Waals surface area contributed by atoms with Crippen LogP contribution in [-0.4, -0.2) is 24.7 Å². The van der Waals surface area contributed by atoms with Crippen molar-refractivity contribution in [3.05, 3.63) is 35.1 Å². The number of halogens is 3. The molecule has 0 saturated carbocycles. The van der Waals surface area contributed by atoms with E-state index in [-0.39, 0.29) is 17.7 Å². The van der Waals surface area contributed by atoms with Crippen LogP contribution in [0.1, 0.15) is 23.7 Å². The van der Waals surface area contributed by atoms with Gasteiger partial charge in [-0.1, -0.05) is 0 Å². The van der Waals surface area contributed by atoms with E-state index in [2.05, 4.69) is 5.32 Å². The Balaban J connectivity index is 2.14. The molecule has 0 radical (unpaired) electrons. The maximum absolute atomic E-state index is 13.0. The number of carbonyl (C=O) groups excluding carboxylic acids is 1. The van der Waals surface area contributed by atoms with Gasteiger partial charge >= 0.3 is 0 Å². The number of benzene rings is 1. The van der Waals surface area contributed by atoms with Crippen molar-refractivity contribution in [1.82, 2.24) is 5.32 Å². The van der Waals surface area contributed by atoms with Crippen molar-refractivity contribution < 1.29 is 22.7 Å². The molecule has 1 aliphatic rings. The highest BCUT2D eigenvalue weighted by atomic mass is 19.2. The third-order valence-electron chi connectivity index (χ3n) is 2.94. The summed E-state index contributed by atoms with van der Waals surface area (Å²) >= 11 is 0. The summed E-state index contributed by atoms with van der Waals surface area (Å²) in [6.45, 7) is 2.32. The zero-order valence-electron chi connectivity index (χ0n) is 9.67. The van der Waals surface area contributed by atoms with Crippen molar-refractivity contribution in [2.75, 3.05) is 6.61 Å². The first-order valence-corrected chi connectivity index (χ1v) is 5.56. The molecule has 1 N–H and O–H groups in total. The lowest BCUT2D eigenvalue weighted by Crippen LogP contribution is -2.39. The Kier molecular flexibility index (Phi) is 3.56. The van der Waals surface area contributed by atoms with Gasteiger partial charge in [-0.05, 0) is 25.5 Å². The lowest BCUT2D eigenvalue weighted by atomic mass is 10.1. The largest absolute Gasteiger partial charge is 0.376 e. The predicted molar refractivity (Wildman–Crippen MR) is 57.6 cm³/mol. The Morgan fingerprint density at radius 3 is 2.44 bits per heavy atom. The number of hydrogen-bond acceptors (Lipinski definition) is 2. The lowest BCUT2D eigenvalue weighted by molar-refractivity contribution is 0.0865. The summed E-state index contributed by atoms with van der Waals surface area (Å²) < 4.78 is 43.9. The van der Waals surface area contributed by atoms with Crippen LogP contribution in [0.3, 0.4) is 0 Å². The van der Waals surface area contributed by atoms with Crippen LogP contribution < -0.4 is 5.32 Å². The van der Waals surface area contributed by atoms with Gasteiger partial charge in [-0.2, -0.15) is 0 Å². The molecule has 0 aliphatic carbocycles. The van der Waals surface area contributed by atoms with Gasteiger partial charge in [-0.25, -0.2) is 13.2 Å². The van der Waals surface area contributed by atoms with E-state index in [0.717, 1.165) is 0 Å². The van der Waals surface area contributed by atoms with E-state index in [1.54, 1.807) is 6.92 Å². The normalized spacial score (nSPS) is 23.1. The summed E-state index contributed by atoms with van der Waals surface area (Å²) in [5, 5.41) is 2.60. The van der Waals surface area contributed by atoms with Gasteiger partial charge in [0.15, 0.2) is 17.5 Å². The molecule has 0 spiro atoms. The minimum absolute atomic E-state index is 0.149. The average molecular weight is 259 g/mol. The molecule has 0 bridgehead atoms. The molecule has 1 aliphatic heterocycles. The second-order valence-electron chi connectivity index (χ2n) is 4.20. The maximum atomic E-state index is 13.0. The molecule has 98 valence electrons. The second-order valence-corrected chi connectivity index (χ2v) is 4.20. The summed E-state index contributed by atoms with van der Waals surface area (Å²) in [4.78, 5) is 11.7. The summed E-state index contributed by atoms with van der Waals surface area (Å²) in [7, 11) is 0. The highest BCUT2D eigenvalue weighted by Crippen LogP contribution is 2.16. The van der Waals surface area contributed by atoms with Gasteiger partial charge in [0.05, 0.1) is 12.1 Å². The van der Waals surface area contributed by atoms with E-state index in [1.807, 2.05) is 0 Å². The number of nitrogens with one attached hydrogen (secondary N) is 1. The van der Waals surface area contributed by atoms with Gasteiger partial charge in [-0.15, -0.1) is 0 Å². The molecular weight excluding hydrogens is 247 g/mol. The monoisotopic (exact) mass is 259 g/mol. The summed E-state index contributed by atoms with van der Waals surface area (Å²) in [5.74, 6) is -4.98. The fourth-order valence-electron chi connectivity index (χ4n) is 1.86. The van der Waals surface area contributed by atoms with Gasteiger partial charge in [0, 0.05) is 12.2 Å². The Morgan fingerprint density at radius 2 is 1.94 bits per heavy atom. The van der Waals surface area contributed by atoms with Gasteiger partial charge in [-0.3, -0.25) is 4.79 Å². The van der Waals surface area contributed by atoms with Gasteiger partial charge in [0.25, 0.3) is 5.91 Å². The van der Waals surface area contributed by atoms with Crippen LogP contribution in [0.2, 0.25) is 0 Å². The SMILES string of the molecule is CC1OCCC1NC(=O)c1cc(F)c(F)c(F)c1. The molecule has 1 aromatic rings. The molecule has 1 amide bonds. The van der Waals surface area contributed by atoms with Gasteiger partial charge in [0.2, 0.25) is 0 Å². The van der Waals surface area contributed by atoms with Crippen LogP contribution in [0.5, 0.6) is 0 Å². The third kappa shape index (κ3) is 2.48. The Hall–Kier alpha value is -1.56. The van der Waals surface area contributed by atoms with Crippen LogP contribution in [0, 0.1) is 17.5 Å². The number of rotatable bonds is 2. The molecule has 2 unspecified atom stereocenters. The fraction of sp³-hybridized carbons (Fsp3) is 0.417. The molecule has 18 heavy (non-hydrogen) atoms. The van der Waals surface area contributed by atoms with Crippen LogP contribution in [0.4, 0.5) is 13.2 Å². The minimum atomic E-state index is -1.58. The predicted octanol–water partition coefficient (Wildman–Crippen LogP) is 2.01. The molecule has 1 fully saturated rings. The van der Waals surface area contributed by atoms with Crippen LogP contribution in [-0.2, 0) is 4.74 Å². The quantitative estimate of drug-likeness (QED) is 0.825. The standard InChI is InChI=1S/C12H12F3NO2/c1-6-10(2-3-18-6)16-12(17)7-4-8(13)11(15)9(14)5-7/h4-6,10H,2-3H2,1H3,(H,16,17). The first kappa shape index (κ1) is 12.9. The molecule has 0 aromatic heterocycles. The van der Waals surface area contributed by atoms with Crippen molar-refractivity contribution in [3.63, 3.8) is 0 Å². The lowest BCUT2D eigenvalue weighted by Gasteiger charge is -2.16. The zero-order chi connectivity index (χ0) is 13.3. The van der Waals surface area contributed by atoms with E-state index in [1.165, 1.54) is 0 Å². The Morgan fingerprint density at radius 1 is 1.33 bits per heavy atom. The minimum Gasteiger partial charge on any atom is -0.376 e. The average Bonchev–Trinajstić information content (AvgIpc) is 2.71. The smallest absolute Gasteiger partial charge is 0.251 e. The van der Waals surface area contributed by atoms with E-state index in [4.69, 9.17) is 4.74 Å². The number of hydrogen-bond donors (Lipinski definition) is 1. The third-order valence-corrected chi connectivity index (χ3v) is 2.94. The van der Waals surface area contributed by atoms with Gasteiger partial charge < -0.3 is 10.1 Å². The van der Waals surface area contributed by atoms with Gasteiger partial charge in [0.1, 0.15) is 0 Å². The van der Waals surface area contributed by atoms with Crippen LogP contribution >= 0.6 is 0 Å². The topological polar surface area (TPSA) is 38.3 Å². The summed E-state index contributed by atoms with van der Waals surface area (Å²) in [5.41, 5.74) is -0.245. The fourth-order valence-corrected chi connectivity index (χ4v) is 1.86. The van der Waals surface area contributed by atoms with E-state index in [9.17, 15) is 18.0 Å². The number of amides is 1. The number of carbonyl (C=O) groups is 1. The highest BCUT2D eigenvalue weighted by Gasteiger charge is 2.26. The van der Waals surface area contributed by atoms with Crippen molar-refractivity contribution in [2.45, 2.75) is 25.5 Å². The molecular formula is C12H12F3NO2. The first-order chi connectivity index (χ1) is 8.49. The van der Waals surface area contributed by atoms with E-state index >= 15 is 0 Å². The number of ether oxygens (including phenoxy) is 1. The van der Waals surface area contributed by atoms with Crippen LogP contribution in [0.15, 0.2) is 12.1 Å². The van der Waals surface area contributed by atoms with Crippen LogP contribution in [0.25, 0.3) is 0 Å². The molecule has 1 heterocycles. The Bertz CT molecular complexity index is 455. The summed E-state index contributed by atoms with van der Waals surface area (Å²) in [6.07, 6.45) is 0.489. The Labute approximate surface area is 102 Å². The summed E-state index contributed by atoms with van der Waals surface area (Å²) in [6, 6.07) is 1.15. The molecule has 1 aromatic carbocycles. The second kappa shape index (κ2) is 4.97. The van der Waals surface area contributed by atoms with Crippen molar-refractivity contribution in [1.29, 1.82) is 0 Å². The first-order valence-electron chi connectivity index (χ1n) is 5.56. The maximum Gasteiger partial charge on any atom is 0.251 e. The zero-order valence-corrected chi connectivity index (χ0v) is 9.67. The van der Waals surface area contributed by atoms with Crippen molar-refractivity contribution in [2.24, 2.45) is 0 Å². The molecule has 6 heteroatoms.